The Balaban J connectivity index is 1.80. The van der Waals surface area contributed by atoms with Crippen molar-refractivity contribution in [2.75, 3.05) is 0 Å². The Morgan fingerprint density at radius 1 is 0.733 bits per heavy atom. The number of nitrogens with zero attached hydrogens (tertiary/aromatic N) is 6. The van der Waals surface area contributed by atoms with Crippen molar-refractivity contribution in [1.82, 2.24) is 9.97 Å². The van der Waals surface area contributed by atoms with Gasteiger partial charge in [-0.15, -0.1) is 0 Å². The second-order valence-electron chi connectivity index (χ2n) is 5.36. The summed E-state index contributed by atoms with van der Waals surface area (Å²) in [6.45, 7) is 0. The number of thioether (sulfide) groups is 2. The van der Waals surface area contributed by atoms with E-state index in [1.807, 2.05) is 0 Å². The van der Waals surface area contributed by atoms with Gasteiger partial charge in [0.15, 0.2) is 11.4 Å². The molecule has 0 aromatic carbocycles. The zero-order valence-corrected chi connectivity index (χ0v) is 15.7. The summed E-state index contributed by atoms with van der Waals surface area (Å²) in [5.41, 5.74) is -4.30. The largest absolute Gasteiger partial charge is 0.419 e. The summed E-state index contributed by atoms with van der Waals surface area (Å²) in [6.07, 6.45) is -7.56. The van der Waals surface area contributed by atoms with Gasteiger partial charge < -0.3 is 0 Å². The number of pyridine rings is 2. The van der Waals surface area contributed by atoms with E-state index in [1.165, 1.54) is 12.1 Å². The predicted molar refractivity (Wildman–Crippen MR) is 97.3 cm³/mol. The molecule has 1 aliphatic rings. The minimum absolute atomic E-state index is 0.144. The number of hydrogen-bond acceptors (Lipinski definition) is 8. The summed E-state index contributed by atoms with van der Waals surface area (Å²) < 4.78 is 78.3. The Hall–Kier alpha value is -3.10. The first-order chi connectivity index (χ1) is 14.0. The lowest BCUT2D eigenvalue weighted by Gasteiger charge is -2.16. The van der Waals surface area contributed by atoms with Gasteiger partial charge >= 0.3 is 12.4 Å². The van der Waals surface area contributed by atoms with Crippen LogP contribution in [0.3, 0.4) is 0 Å². The molecule has 2 aromatic rings. The van der Waals surface area contributed by atoms with Crippen LogP contribution in [-0.2, 0) is 12.4 Å². The van der Waals surface area contributed by atoms with Gasteiger partial charge in [-0.3, -0.25) is 0 Å². The average molecular weight is 458 g/mol. The minimum atomic E-state index is -4.78. The maximum atomic E-state index is 12.9. The van der Waals surface area contributed by atoms with Crippen LogP contribution in [0.25, 0.3) is 0 Å². The van der Waals surface area contributed by atoms with Gasteiger partial charge in [-0.05, 0) is 35.7 Å². The molecule has 0 unspecified atom stereocenters. The van der Waals surface area contributed by atoms with Crippen molar-refractivity contribution in [1.29, 1.82) is 10.5 Å². The highest BCUT2D eigenvalue weighted by atomic mass is 32.3. The Kier molecular flexibility index (Phi) is 5.74. The van der Waals surface area contributed by atoms with E-state index >= 15 is 0 Å². The summed E-state index contributed by atoms with van der Waals surface area (Å²) in [4.78, 5) is 14.7. The molecule has 6 nitrogen and oxygen atoms in total. The predicted octanol–water partition coefficient (Wildman–Crippen LogP) is 5.41. The van der Waals surface area contributed by atoms with Gasteiger partial charge in [0.25, 0.3) is 0 Å². The third kappa shape index (κ3) is 4.72. The van der Waals surface area contributed by atoms with Gasteiger partial charge in [0.1, 0.15) is 20.9 Å². The van der Waals surface area contributed by atoms with E-state index in [0.29, 0.717) is 12.1 Å². The van der Waals surface area contributed by atoms with Crippen LogP contribution in [0.2, 0.25) is 0 Å². The lowest BCUT2D eigenvalue weighted by molar-refractivity contribution is -0.138. The Morgan fingerprint density at radius 2 is 1.10 bits per heavy atom. The molecular formula is C16H4F6N6S2. The molecule has 0 N–H and O–H groups in total. The van der Waals surface area contributed by atoms with Crippen molar-refractivity contribution in [3.8, 4) is 12.1 Å². The molecule has 1 saturated heterocycles. The molecule has 3 rings (SSSR count). The topological polar surface area (TPSA) is 98.1 Å². The van der Waals surface area contributed by atoms with Crippen LogP contribution in [0.1, 0.15) is 22.5 Å². The molecule has 152 valence electrons. The second kappa shape index (κ2) is 7.97. The van der Waals surface area contributed by atoms with Gasteiger partial charge in [0.05, 0.1) is 34.9 Å². The first-order valence-electron chi connectivity index (χ1n) is 7.49. The highest BCUT2D eigenvalue weighted by Gasteiger charge is 2.36. The molecule has 0 spiro atoms. The summed E-state index contributed by atoms with van der Waals surface area (Å²) in [7, 11) is 0. The summed E-state index contributed by atoms with van der Waals surface area (Å²) in [5.74, 6) is 0. The first-order valence-corrected chi connectivity index (χ1v) is 9.12. The van der Waals surface area contributed by atoms with E-state index in [1.54, 1.807) is 0 Å². The summed E-state index contributed by atoms with van der Waals surface area (Å²) in [5, 5.41) is 17.4. The molecule has 0 amide bonds. The minimum Gasteiger partial charge on any atom is -0.243 e. The maximum Gasteiger partial charge on any atom is 0.419 e. The van der Waals surface area contributed by atoms with Gasteiger partial charge in [0, 0.05) is 0 Å². The lowest BCUT2D eigenvalue weighted by Crippen LogP contribution is -2.10. The fourth-order valence-corrected chi connectivity index (χ4v) is 3.71. The molecule has 0 bridgehead atoms. The second-order valence-corrected chi connectivity index (χ2v) is 7.83. The van der Waals surface area contributed by atoms with Crippen molar-refractivity contribution in [3.63, 3.8) is 0 Å². The van der Waals surface area contributed by atoms with Crippen LogP contribution in [0, 0.1) is 22.7 Å². The third-order valence-corrected chi connectivity index (χ3v) is 5.42. The van der Waals surface area contributed by atoms with E-state index in [0.717, 1.165) is 35.9 Å². The molecule has 0 radical (unpaired) electrons. The number of hydrogen-bond donors (Lipinski definition) is 0. The van der Waals surface area contributed by atoms with Crippen LogP contribution < -0.4 is 0 Å². The van der Waals surface area contributed by atoms with Crippen molar-refractivity contribution in [2.24, 2.45) is 9.98 Å². The van der Waals surface area contributed by atoms with Gasteiger partial charge in [-0.1, -0.05) is 0 Å². The molecule has 14 heteroatoms. The highest BCUT2D eigenvalue weighted by Crippen LogP contribution is 2.41. The molecule has 30 heavy (non-hydrogen) atoms. The number of alkyl halides is 6. The fraction of sp³-hybridized carbons (Fsp3) is 0.125. The van der Waals surface area contributed by atoms with Gasteiger partial charge in [-0.25, -0.2) is 20.0 Å². The third-order valence-electron chi connectivity index (χ3n) is 3.36. The summed E-state index contributed by atoms with van der Waals surface area (Å²) >= 11 is 1.85. The average Bonchev–Trinajstić information content (AvgIpc) is 2.64. The summed E-state index contributed by atoms with van der Waals surface area (Å²) in [6, 6.07) is 4.06. The molecule has 3 heterocycles. The monoisotopic (exact) mass is 458 g/mol. The molecule has 0 aliphatic carbocycles. The van der Waals surface area contributed by atoms with E-state index < -0.39 is 34.9 Å². The fourth-order valence-electron chi connectivity index (χ4n) is 2.10. The number of halogens is 6. The van der Waals surface area contributed by atoms with Crippen molar-refractivity contribution in [3.05, 3.63) is 47.0 Å². The Bertz CT molecular complexity index is 1060. The SMILES string of the molecule is N#Cc1ncc(N=C2SC(=Nc3cnc(C#N)c(C(F)(F)F)c3)S2)cc1C(F)(F)F. The van der Waals surface area contributed by atoms with Gasteiger partial charge in [-0.2, -0.15) is 36.9 Å². The van der Waals surface area contributed by atoms with E-state index in [9.17, 15) is 26.3 Å². The Labute approximate surface area is 172 Å². The van der Waals surface area contributed by atoms with Crippen LogP contribution in [0.5, 0.6) is 0 Å². The standard InChI is InChI=1S/C16H4F6N6S2/c17-15(18,19)9-1-7(5-25-11(9)3-23)27-13-29-14(30-13)28-8-2-10(16(20,21)22)12(4-24)26-6-8/h1-2,5-6H. The van der Waals surface area contributed by atoms with E-state index in [2.05, 4.69) is 20.0 Å². The number of rotatable bonds is 2. The van der Waals surface area contributed by atoms with Crippen LogP contribution >= 0.6 is 23.5 Å². The zero-order chi connectivity index (χ0) is 22.1. The zero-order valence-electron chi connectivity index (χ0n) is 14.1. The van der Waals surface area contributed by atoms with Crippen molar-refractivity contribution < 1.29 is 26.3 Å². The first kappa shape index (κ1) is 21.6. The molecule has 0 atom stereocenters. The van der Waals surface area contributed by atoms with E-state index in [-0.39, 0.29) is 20.1 Å². The van der Waals surface area contributed by atoms with Crippen LogP contribution in [0.4, 0.5) is 37.7 Å². The normalized spacial score (nSPS) is 13.9. The molecule has 2 aromatic heterocycles. The molecule has 0 saturated carbocycles. The number of nitriles is 2. The lowest BCUT2D eigenvalue weighted by atomic mass is 10.2. The Morgan fingerprint density at radius 3 is 1.40 bits per heavy atom. The smallest absolute Gasteiger partial charge is 0.243 e. The van der Waals surface area contributed by atoms with Crippen LogP contribution in [-0.4, -0.2) is 18.7 Å². The maximum absolute atomic E-state index is 12.9. The van der Waals surface area contributed by atoms with Crippen molar-refractivity contribution in [2.45, 2.75) is 12.4 Å². The van der Waals surface area contributed by atoms with E-state index in [4.69, 9.17) is 10.5 Å². The molecule has 1 aliphatic heterocycles. The van der Waals surface area contributed by atoms with Crippen molar-refractivity contribution >= 4 is 43.7 Å². The van der Waals surface area contributed by atoms with Gasteiger partial charge in [0.2, 0.25) is 0 Å². The number of aromatic nitrogens is 2. The van der Waals surface area contributed by atoms with Crippen LogP contribution in [0.15, 0.2) is 34.5 Å². The molecule has 1 fully saturated rings. The quantitative estimate of drug-likeness (QED) is 0.558. The number of aliphatic imine (C=N–C) groups is 2. The molecular weight excluding hydrogens is 454 g/mol. The highest BCUT2D eigenvalue weighted by molar-refractivity contribution is 8.70.